The van der Waals surface area contributed by atoms with Crippen molar-refractivity contribution in [1.29, 1.82) is 0 Å². The van der Waals surface area contributed by atoms with Gasteiger partial charge in [-0.2, -0.15) is 0 Å². The third-order valence-corrected chi connectivity index (χ3v) is 9.92. The Labute approximate surface area is 198 Å². The van der Waals surface area contributed by atoms with E-state index in [1.807, 2.05) is 21.6 Å². The standard InChI is InChI=1S/C29H40S2/c1-3-5-7-9-11-13-21-29(22-14-12-10-8-6-4-2)23-17-15-19-25-27(23)28-24(29)18-16-20-26(28)31-30-25/h15-20H,3-14,21-22H2,1-2H3. The molecule has 1 heterocycles. The summed E-state index contributed by atoms with van der Waals surface area (Å²) in [4.78, 5) is 2.99. The topological polar surface area (TPSA) is 0 Å². The zero-order chi connectivity index (χ0) is 21.5. The average molecular weight is 453 g/mol. The van der Waals surface area contributed by atoms with Crippen LogP contribution in [0.15, 0.2) is 46.2 Å². The zero-order valence-corrected chi connectivity index (χ0v) is 21.3. The van der Waals surface area contributed by atoms with Gasteiger partial charge in [-0.1, -0.05) is 137 Å². The lowest BCUT2D eigenvalue weighted by molar-refractivity contribution is 0.397. The van der Waals surface area contributed by atoms with Crippen molar-refractivity contribution in [2.45, 2.75) is 119 Å². The Morgan fingerprint density at radius 2 is 0.968 bits per heavy atom. The molecule has 0 aromatic heterocycles. The highest BCUT2D eigenvalue weighted by molar-refractivity contribution is 8.76. The van der Waals surface area contributed by atoms with E-state index in [9.17, 15) is 0 Å². The molecule has 168 valence electrons. The Hall–Kier alpha value is -0.860. The van der Waals surface area contributed by atoms with E-state index in [0.29, 0.717) is 0 Å². The molecule has 4 rings (SSSR count). The smallest absolute Gasteiger partial charge is 0.0268 e. The minimum Gasteiger partial charge on any atom is -0.0654 e. The van der Waals surface area contributed by atoms with Gasteiger partial charge in [-0.05, 0) is 36.1 Å². The van der Waals surface area contributed by atoms with E-state index in [1.165, 1.54) is 99.7 Å². The summed E-state index contributed by atoms with van der Waals surface area (Å²) in [6.45, 7) is 4.63. The molecule has 0 nitrogen and oxygen atoms in total. The fraction of sp³-hybridized carbons (Fsp3) is 0.586. The number of benzene rings is 2. The quantitative estimate of drug-likeness (QED) is 0.206. The molecule has 2 aromatic carbocycles. The summed E-state index contributed by atoms with van der Waals surface area (Å²) in [5, 5.41) is 0. The molecule has 0 fully saturated rings. The van der Waals surface area contributed by atoms with Crippen LogP contribution in [0.3, 0.4) is 0 Å². The summed E-state index contributed by atoms with van der Waals surface area (Å²) < 4.78 is 0. The van der Waals surface area contributed by atoms with Gasteiger partial charge >= 0.3 is 0 Å². The maximum absolute atomic E-state index is 2.48. The molecule has 1 aliphatic carbocycles. The van der Waals surface area contributed by atoms with Gasteiger partial charge < -0.3 is 0 Å². The van der Waals surface area contributed by atoms with Crippen molar-refractivity contribution in [3.8, 4) is 11.1 Å². The van der Waals surface area contributed by atoms with Gasteiger partial charge in [0, 0.05) is 26.3 Å². The SMILES string of the molecule is CCCCCCCCC1(CCCCCCCC)c2cccc3c2-c2c(cccc21)SS3. The van der Waals surface area contributed by atoms with Crippen LogP contribution >= 0.6 is 21.6 Å². The second-order valence-corrected chi connectivity index (χ2v) is 11.9. The molecule has 0 radical (unpaired) electrons. The van der Waals surface area contributed by atoms with Crippen LogP contribution in [-0.2, 0) is 5.41 Å². The second-order valence-electron chi connectivity index (χ2n) is 9.64. The van der Waals surface area contributed by atoms with Crippen molar-refractivity contribution in [2.24, 2.45) is 0 Å². The van der Waals surface area contributed by atoms with Crippen LogP contribution in [-0.4, -0.2) is 0 Å². The van der Waals surface area contributed by atoms with Gasteiger partial charge in [-0.3, -0.25) is 0 Å². The van der Waals surface area contributed by atoms with Crippen molar-refractivity contribution in [3.05, 3.63) is 47.5 Å². The average Bonchev–Trinajstić information content (AvgIpc) is 3.09. The van der Waals surface area contributed by atoms with E-state index >= 15 is 0 Å². The fourth-order valence-corrected chi connectivity index (χ4v) is 8.24. The summed E-state index contributed by atoms with van der Waals surface area (Å²) in [5.74, 6) is 0. The van der Waals surface area contributed by atoms with E-state index < -0.39 is 0 Å². The molecule has 0 unspecified atom stereocenters. The first-order chi connectivity index (χ1) is 15.3. The third kappa shape index (κ3) is 4.91. The fourth-order valence-electron chi connectivity index (χ4n) is 5.83. The molecule has 0 saturated carbocycles. The zero-order valence-electron chi connectivity index (χ0n) is 19.7. The van der Waals surface area contributed by atoms with E-state index in [4.69, 9.17) is 0 Å². The molecule has 0 N–H and O–H groups in total. The van der Waals surface area contributed by atoms with Gasteiger partial charge in [0.15, 0.2) is 0 Å². The van der Waals surface area contributed by atoms with E-state index in [0.717, 1.165) is 0 Å². The summed E-state index contributed by atoms with van der Waals surface area (Å²) in [6.07, 6.45) is 19.3. The number of hydrogen-bond acceptors (Lipinski definition) is 2. The Kier molecular flexibility index (Phi) is 8.51. The lowest BCUT2D eigenvalue weighted by atomic mass is 9.70. The van der Waals surface area contributed by atoms with Gasteiger partial charge in [0.05, 0.1) is 0 Å². The first kappa shape index (κ1) is 23.3. The van der Waals surface area contributed by atoms with Gasteiger partial charge in [0.1, 0.15) is 0 Å². The van der Waals surface area contributed by atoms with Crippen LogP contribution in [0.4, 0.5) is 0 Å². The van der Waals surface area contributed by atoms with Crippen molar-refractivity contribution in [2.75, 3.05) is 0 Å². The van der Waals surface area contributed by atoms with Crippen LogP contribution in [0.2, 0.25) is 0 Å². The first-order valence-corrected chi connectivity index (χ1v) is 15.1. The molecule has 0 saturated heterocycles. The molecule has 2 aromatic rings. The summed E-state index contributed by atoms with van der Waals surface area (Å²) in [7, 11) is 3.94. The predicted molar refractivity (Wildman–Crippen MR) is 140 cm³/mol. The highest BCUT2D eigenvalue weighted by Crippen LogP contribution is 2.63. The Morgan fingerprint density at radius 3 is 1.42 bits per heavy atom. The molecule has 2 aliphatic rings. The monoisotopic (exact) mass is 452 g/mol. The highest BCUT2D eigenvalue weighted by atomic mass is 33.1. The molecule has 0 bridgehead atoms. The first-order valence-electron chi connectivity index (χ1n) is 12.9. The van der Waals surface area contributed by atoms with Crippen molar-refractivity contribution >= 4 is 21.6 Å². The second kappa shape index (κ2) is 11.3. The number of hydrogen-bond donors (Lipinski definition) is 0. The van der Waals surface area contributed by atoms with Crippen molar-refractivity contribution < 1.29 is 0 Å². The van der Waals surface area contributed by atoms with Crippen molar-refractivity contribution in [3.63, 3.8) is 0 Å². The predicted octanol–water partition coefficient (Wildman–Crippen LogP) is 10.6. The summed E-state index contributed by atoms with van der Waals surface area (Å²) >= 11 is 0. The normalized spacial score (nSPS) is 15.3. The van der Waals surface area contributed by atoms with Gasteiger partial charge in [0.2, 0.25) is 0 Å². The highest BCUT2D eigenvalue weighted by Gasteiger charge is 2.45. The summed E-state index contributed by atoms with van der Waals surface area (Å²) in [6, 6.07) is 14.3. The Morgan fingerprint density at radius 1 is 0.548 bits per heavy atom. The van der Waals surface area contributed by atoms with E-state index in [2.05, 4.69) is 50.2 Å². The Bertz CT molecular complexity index is 782. The summed E-state index contributed by atoms with van der Waals surface area (Å²) in [5.41, 5.74) is 6.74. The molecule has 1 aliphatic heterocycles. The largest absolute Gasteiger partial charge is 0.0654 e. The van der Waals surface area contributed by atoms with Gasteiger partial charge in [-0.15, -0.1) is 0 Å². The van der Waals surface area contributed by atoms with Crippen LogP contribution in [0.5, 0.6) is 0 Å². The van der Waals surface area contributed by atoms with Gasteiger partial charge in [0.25, 0.3) is 0 Å². The molecular weight excluding hydrogens is 412 g/mol. The molecule has 0 amide bonds. The number of rotatable bonds is 14. The van der Waals surface area contributed by atoms with Crippen LogP contribution < -0.4 is 0 Å². The minimum absolute atomic E-state index is 0.248. The molecule has 31 heavy (non-hydrogen) atoms. The third-order valence-electron chi connectivity index (χ3n) is 7.47. The van der Waals surface area contributed by atoms with Gasteiger partial charge in [-0.25, -0.2) is 0 Å². The molecule has 2 heteroatoms. The molecule has 0 atom stereocenters. The lowest BCUT2D eigenvalue weighted by Crippen LogP contribution is -2.25. The minimum atomic E-state index is 0.248. The van der Waals surface area contributed by atoms with Crippen LogP contribution in [0, 0.1) is 0 Å². The van der Waals surface area contributed by atoms with Crippen molar-refractivity contribution in [1.82, 2.24) is 0 Å². The molecule has 0 spiro atoms. The maximum Gasteiger partial charge on any atom is 0.0268 e. The maximum atomic E-state index is 2.48. The van der Waals surface area contributed by atoms with Crippen LogP contribution in [0.1, 0.15) is 115 Å². The number of unbranched alkanes of at least 4 members (excludes halogenated alkanes) is 10. The van der Waals surface area contributed by atoms with E-state index in [1.54, 1.807) is 22.3 Å². The van der Waals surface area contributed by atoms with E-state index in [-0.39, 0.29) is 5.41 Å². The lowest BCUT2D eigenvalue weighted by Gasteiger charge is -2.33. The molecular formula is C29H40S2. The Balaban J connectivity index is 1.58. The van der Waals surface area contributed by atoms with Crippen LogP contribution in [0.25, 0.3) is 11.1 Å².